The van der Waals surface area contributed by atoms with Crippen LogP contribution < -0.4 is 11.5 Å². The number of anilines is 2. The number of benzene rings is 1. The van der Waals surface area contributed by atoms with Crippen molar-refractivity contribution in [3.8, 4) is 0 Å². The molecule has 2 rings (SSSR count). The number of aromatic nitrogens is 1. The third-order valence-corrected chi connectivity index (χ3v) is 3.72. The fraction of sp³-hybridized carbons (Fsp3) is 0.231. The van der Waals surface area contributed by atoms with Gasteiger partial charge in [-0.2, -0.15) is 0 Å². The molecule has 19 heavy (non-hydrogen) atoms. The average molecular weight is 276 g/mol. The first-order valence-electron chi connectivity index (χ1n) is 5.78. The summed E-state index contributed by atoms with van der Waals surface area (Å²) >= 11 is 1.54. The molecule has 5 nitrogen and oxygen atoms in total. The molecule has 0 saturated carbocycles. The Labute approximate surface area is 115 Å². The Morgan fingerprint density at radius 1 is 1.32 bits per heavy atom. The van der Waals surface area contributed by atoms with Crippen LogP contribution >= 0.6 is 11.3 Å². The van der Waals surface area contributed by atoms with Crippen molar-refractivity contribution in [1.29, 1.82) is 0 Å². The highest BCUT2D eigenvalue weighted by molar-refractivity contribution is 7.09. The van der Waals surface area contributed by atoms with Gasteiger partial charge >= 0.3 is 0 Å². The second-order valence-electron chi connectivity index (χ2n) is 4.41. The Kier molecular flexibility index (Phi) is 3.71. The van der Waals surface area contributed by atoms with Gasteiger partial charge < -0.3 is 16.4 Å². The lowest BCUT2D eigenvalue weighted by molar-refractivity contribution is 0.0786. The van der Waals surface area contributed by atoms with Gasteiger partial charge in [0, 0.05) is 28.9 Å². The molecule has 1 aromatic carbocycles. The SMILES string of the molecule is Cc1ncsc1CN(C)C(=O)c1cc(N)cc(N)c1. The van der Waals surface area contributed by atoms with Gasteiger partial charge in [0.2, 0.25) is 0 Å². The van der Waals surface area contributed by atoms with Crippen LogP contribution in [0.4, 0.5) is 11.4 Å². The standard InChI is InChI=1S/C13H16N4OS/c1-8-12(19-7-16-8)6-17(2)13(18)9-3-10(14)5-11(15)4-9/h3-5,7H,6,14-15H2,1-2H3. The molecule has 0 atom stereocenters. The van der Waals surface area contributed by atoms with Gasteiger partial charge in [-0.1, -0.05) is 0 Å². The van der Waals surface area contributed by atoms with Crippen molar-refractivity contribution in [3.05, 3.63) is 39.8 Å². The van der Waals surface area contributed by atoms with E-state index in [2.05, 4.69) is 4.98 Å². The van der Waals surface area contributed by atoms with Gasteiger partial charge in [0.15, 0.2) is 0 Å². The summed E-state index contributed by atoms with van der Waals surface area (Å²) in [6, 6.07) is 4.90. The fourth-order valence-electron chi connectivity index (χ4n) is 1.79. The van der Waals surface area contributed by atoms with Crippen LogP contribution in [0.2, 0.25) is 0 Å². The van der Waals surface area contributed by atoms with E-state index >= 15 is 0 Å². The Morgan fingerprint density at radius 2 is 1.95 bits per heavy atom. The molecule has 6 heteroatoms. The largest absolute Gasteiger partial charge is 0.399 e. The van der Waals surface area contributed by atoms with Crippen molar-refractivity contribution in [3.63, 3.8) is 0 Å². The minimum Gasteiger partial charge on any atom is -0.399 e. The summed E-state index contributed by atoms with van der Waals surface area (Å²) in [4.78, 5) is 19.2. The van der Waals surface area contributed by atoms with Crippen molar-refractivity contribution < 1.29 is 4.79 Å². The monoisotopic (exact) mass is 276 g/mol. The third kappa shape index (κ3) is 3.03. The number of nitrogens with zero attached hydrogens (tertiary/aromatic N) is 2. The molecule has 0 bridgehead atoms. The molecule has 0 aliphatic carbocycles. The van der Waals surface area contributed by atoms with Gasteiger partial charge in [-0.05, 0) is 25.1 Å². The van der Waals surface area contributed by atoms with Gasteiger partial charge in [0.25, 0.3) is 5.91 Å². The normalized spacial score (nSPS) is 10.4. The van der Waals surface area contributed by atoms with Crippen LogP contribution in [-0.4, -0.2) is 22.8 Å². The number of nitrogens with two attached hydrogens (primary N) is 2. The number of aryl methyl sites for hydroxylation is 1. The molecular formula is C13H16N4OS. The first kappa shape index (κ1) is 13.4. The number of nitrogen functional groups attached to an aromatic ring is 2. The molecule has 0 unspecified atom stereocenters. The molecule has 4 N–H and O–H groups in total. The lowest BCUT2D eigenvalue weighted by atomic mass is 10.1. The molecule has 1 aromatic heterocycles. The number of hydrogen-bond acceptors (Lipinski definition) is 5. The highest BCUT2D eigenvalue weighted by atomic mass is 32.1. The van der Waals surface area contributed by atoms with Gasteiger partial charge in [-0.15, -0.1) is 11.3 Å². The van der Waals surface area contributed by atoms with Crippen molar-refractivity contribution in [2.45, 2.75) is 13.5 Å². The molecular weight excluding hydrogens is 260 g/mol. The lowest BCUT2D eigenvalue weighted by Gasteiger charge is -2.17. The predicted octanol–water partition coefficient (Wildman–Crippen LogP) is 1.89. The van der Waals surface area contributed by atoms with E-state index in [-0.39, 0.29) is 5.91 Å². The molecule has 1 amide bonds. The van der Waals surface area contributed by atoms with E-state index in [0.29, 0.717) is 23.5 Å². The summed E-state index contributed by atoms with van der Waals surface area (Å²) in [6.45, 7) is 2.46. The van der Waals surface area contributed by atoms with E-state index in [1.165, 1.54) is 0 Å². The summed E-state index contributed by atoms with van der Waals surface area (Å²) < 4.78 is 0. The zero-order valence-electron chi connectivity index (χ0n) is 10.9. The van der Waals surface area contributed by atoms with E-state index in [1.807, 2.05) is 6.92 Å². The summed E-state index contributed by atoms with van der Waals surface area (Å²) in [5.74, 6) is -0.105. The van der Waals surface area contributed by atoms with Crippen LogP contribution in [0.15, 0.2) is 23.7 Å². The molecule has 0 fully saturated rings. The zero-order chi connectivity index (χ0) is 14.0. The van der Waals surface area contributed by atoms with Crippen LogP contribution in [0.25, 0.3) is 0 Å². The maximum atomic E-state index is 12.3. The molecule has 1 heterocycles. The Morgan fingerprint density at radius 3 is 2.47 bits per heavy atom. The van der Waals surface area contributed by atoms with Crippen molar-refractivity contribution in [1.82, 2.24) is 9.88 Å². The minimum atomic E-state index is -0.105. The zero-order valence-corrected chi connectivity index (χ0v) is 11.7. The second-order valence-corrected chi connectivity index (χ2v) is 5.35. The Bertz CT molecular complexity index is 588. The number of rotatable bonds is 3. The van der Waals surface area contributed by atoms with Crippen molar-refractivity contribution >= 4 is 28.6 Å². The van der Waals surface area contributed by atoms with E-state index in [0.717, 1.165) is 10.6 Å². The molecule has 0 aliphatic rings. The highest BCUT2D eigenvalue weighted by Crippen LogP contribution is 2.18. The summed E-state index contributed by atoms with van der Waals surface area (Å²) in [5, 5.41) is 0. The summed E-state index contributed by atoms with van der Waals surface area (Å²) in [7, 11) is 1.75. The van der Waals surface area contributed by atoms with Gasteiger partial charge in [0.05, 0.1) is 17.7 Å². The van der Waals surface area contributed by atoms with E-state index in [9.17, 15) is 4.79 Å². The van der Waals surface area contributed by atoms with E-state index in [4.69, 9.17) is 11.5 Å². The fourth-order valence-corrected chi connectivity index (χ4v) is 2.62. The smallest absolute Gasteiger partial charge is 0.254 e. The van der Waals surface area contributed by atoms with E-state index < -0.39 is 0 Å². The Balaban J connectivity index is 2.17. The van der Waals surface area contributed by atoms with E-state index in [1.54, 1.807) is 47.0 Å². The van der Waals surface area contributed by atoms with Crippen LogP contribution in [0.5, 0.6) is 0 Å². The quantitative estimate of drug-likeness (QED) is 0.838. The summed E-state index contributed by atoms with van der Waals surface area (Å²) in [6.07, 6.45) is 0. The molecule has 0 aliphatic heterocycles. The van der Waals surface area contributed by atoms with Gasteiger partial charge in [-0.25, -0.2) is 4.98 Å². The lowest BCUT2D eigenvalue weighted by Crippen LogP contribution is -2.26. The number of carbonyl (C=O) groups is 1. The Hall–Kier alpha value is -2.08. The molecule has 0 spiro atoms. The van der Waals surface area contributed by atoms with Crippen molar-refractivity contribution in [2.75, 3.05) is 18.5 Å². The van der Waals surface area contributed by atoms with Crippen LogP contribution in [-0.2, 0) is 6.54 Å². The van der Waals surface area contributed by atoms with Crippen LogP contribution in [0.1, 0.15) is 20.9 Å². The maximum absolute atomic E-state index is 12.3. The molecule has 0 saturated heterocycles. The second kappa shape index (κ2) is 5.27. The average Bonchev–Trinajstić information content (AvgIpc) is 2.72. The van der Waals surface area contributed by atoms with Crippen molar-refractivity contribution in [2.24, 2.45) is 0 Å². The topological polar surface area (TPSA) is 85.2 Å². The predicted molar refractivity (Wildman–Crippen MR) is 77.9 cm³/mol. The minimum absolute atomic E-state index is 0.105. The first-order valence-corrected chi connectivity index (χ1v) is 6.66. The first-order chi connectivity index (χ1) is 8.97. The number of thiazole rings is 1. The van der Waals surface area contributed by atoms with Gasteiger partial charge in [0.1, 0.15) is 0 Å². The molecule has 2 aromatic rings. The van der Waals surface area contributed by atoms with Gasteiger partial charge in [-0.3, -0.25) is 4.79 Å². The third-order valence-electron chi connectivity index (χ3n) is 2.80. The molecule has 100 valence electrons. The van der Waals surface area contributed by atoms with Crippen LogP contribution in [0, 0.1) is 6.92 Å². The number of amides is 1. The summed E-state index contributed by atoms with van der Waals surface area (Å²) in [5.41, 5.74) is 15.6. The highest BCUT2D eigenvalue weighted by Gasteiger charge is 2.14. The number of hydrogen-bond donors (Lipinski definition) is 2. The van der Waals surface area contributed by atoms with Crippen LogP contribution in [0.3, 0.4) is 0 Å². The number of carbonyl (C=O) groups excluding carboxylic acids is 1. The molecule has 0 radical (unpaired) electrons. The maximum Gasteiger partial charge on any atom is 0.254 e.